The number of amides is 2. The Hall–Kier alpha value is -2.10. The second-order valence-electron chi connectivity index (χ2n) is 11.9. The molecule has 1 aromatic carbocycles. The van der Waals surface area contributed by atoms with Gasteiger partial charge in [-0.25, -0.2) is 4.79 Å². The van der Waals surface area contributed by atoms with Crippen LogP contribution in [0.2, 0.25) is 0 Å². The average Bonchev–Trinajstić information content (AvgIpc) is 3.59. The van der Waals surface area contributed by atoms with E-state index in [2.05, 4.69) is 43.5 Å². The highest BCUT2D eigenvalue weighted by molar-refractivity contribution is 6.47. The van der Waals surface area contributed by atoms with Crippen LogP contribution >= 0.6 is 0 Å². The number of carbonyl (C=O) groups excluding carboxylic acids is 1. The number of rotatable bonds is 11. The van der Waals surface area contributed by atoms with Crippen molar-refractivity contribution in [3.8, 4) is 0 Å². The predicted octanol–water partition coefficient (Wildman–Crippen LogP) is 3.58. The van der Waals surface area contributed by atoms with Crippen molar-refractivity contribution in [2.24, 2.45) is 17.3 Å². The molecule has 1 saturated heterocycles. The third-order valence-corrected chi connectivity index (χ3v) is 9.09. The van der Waals surface area contributed by atoms with Crippen molar-refractivity contribution >= 4 is 19.1 Å². The van der Waals surface area contributed by atoms with Gasteiger partial charge in [0.25, 0.3) is 0 Å². The van der Waals surface area contributed by atoms with Gasteiger partial charge in [-0.2, -0.15) is 0 Å². The number of hydrogen-bond donors (Lipinski definition) is 3. The third kappa shape index (κ3) is 5.15. The van der Waals surface area contributed by atoms with Gasteiger partial charge < -0.3 is 29.8 Å². The maximum Gasteiger partial charge on any atom is 0.481 e. The zero-order valence-corrected chi connectivity index (χ0v) is 21.6. The largest absolute Gasteiger partial charge is 0.481 e. The van der Waals surface area contributed by atoms with Crippen LogP contribution in [0.3, 0.4) is 0 Å². The molecule has 0 aromatic heterocycles. The van der Waals surface area contributed by atoms with E-state index in [1.54, 1.807) is 0 Å². The maximum atomic E-state index is 13.3. The number of ether oxygens (including phenoxy) is 1. The van der Waals surface area contributed by atoms with E-state index in [-0.39, 0.29) is 35.8 Å². The Bertz CT molecular complexity index is 957. The highest BCUT2D eigenvalue weighted by atomic mass is 16.7. The summed E-state index contributed by atoms with van der Waals surface area (Å²) < 4.78 is 18.8. The Morgan fingerprint density at radius 1 is 1.17 bits per heavy atom. The molecule has 1 aliphatic heterocycles. The smallest absolute Gasteiger partial charge is 0.465 e. The molecular formula is C27H39BN2O6. The topological polar surface area (TPSA) is 106 Å². The fourth-order valence-electron chi connectivity index (χ4n) is 6.60. The van der Waals surface area contributed by atoms with Gasteiger partial charge in [0.1, 0.15) is 6.04 Å². The molecule has 36 heavy (non-hydrogen) atoms. The summed E-state index contributed by atoms with van der Waals surface area (Å²) in [5.74, 6) is 0.271. The Morgan fingerprint density at radius 2 is 1.92 bits per heavy atom. The van der Waals surface area contributed by atoms with Crippen molar-refractivity contribution in [3.05, 3.63) is 35.9 Å². The minimum absolute atomic E-state index is 0.0129. The molecule has 3 N–H and O–H groups in total. The zero-order valence-electron chi connectivity index (χ0n) is 21.6. The molecule has 8 nitrogen and oxygen atoms in total. The third-order valence-electron chi connectivity index (χ3n) is 9.09. The molecule has 2 amide bonds. The summed E-state index contributed by atoms with van der Waals surface area (Å²) in [7, 11) is -0.565. The van der Waals surface area contributed by atoms with Gasteiger partial charge in [0, 0.05) is 0 Å². The van der Waals surface area contributed by atoms with Crippen molar-refractivity contribution < 1.29 is 28.7 Å². The minimum Gasteiger partial charge on any atom is -0.465 e. The van der Waals surface area contributed by atoms with Crippen LogP contribution < -0.4 is 10.6 Å². The van der Waals surface area contributed by atoms with Crippen molar-refractivity contribution in [2.75, 3.05) is 6.61 Å². The van der Waals surface area contributed by atoms with Crippen LogP contribution in [0.25, 0.3) is 0 Å². The number of carboxylic acid groups (broad SMARTS) is 1. The lowest BCUT2D eigenvalue weighted by Crippen LogP contribution is -2.65. The quantitative estimate of drug-likeness (QED) is 0.403. The SMILES string of the molecule is CC1(C)[C@@H]2C[C@H]3OB([C@H](CCCc4ccccc4)NC(=O)[C@@H](COC4CC4)NC(=O)O)O[C@@]3(C)[C@H]1C2. The van der Waals surface area contributed by atoms with Gasteiger partial charge in [0.2, 0.25) is 5.91 Å². The highest BCUT2D eigenvalue weighted by Gasteiger charge is 2.68. The molecule has 9 heteroatoms. The molecule has 1 heterocycles. The van der Waals surface area contributed by atoms with Gasteiger partial charge in [-0.1, -0.05) is 44.2 Å². The molecule has 5 fully saturated rings. The van der Waals surface area contributed by atoms with E-state index < -0.39 is 25.2 Å². The van der Waals surface area contributed by atoms with Gasteiger partial charge in [0.15, 0.2) is 0 Å². The van der Waals surface area contributed by atoms with Gasteiger partial charge in [-0.05, 0) is 74.7 Å². The van der Waals surface area contributed by atoms with Crippen LogP contribution in [0.4, 0.5) is 4.79 Å². The first-order chi connectivity index (χ1) is 17.2. The fourth-order valence-corrected chi connectivity index (χ4v) is 6.60. The van der Waals surface area contributed by atoms with Crippen LogP contribution in [0.5, 0.6) is 0 Å². The number of nitrogens with one attached hydrogen (secondary N) is 2. The molecule has 0 unspecified atom stereocenters. The lowest BCUT2D eigenvalue weighted by atomic mass is 9.43. The molecule has 0 spiro atoms. The van der Waals surface area contributed by atoms with Gasteiger partial charge in [-0.3, -0.25) is 4.79 Å². The second kappa shape index (κ2) is 9.99. The Morgan fingerprint density at radius 3 is 2.58 bits per heavy atom. The van der Waals surface area contributed by atoms with E-state index in [0.29, 0.717) is 18.3 Å². The molecule has 0 radical (unpaired) electrons. The number of hydrogen-bond acceptors (Lipinski definition) is 5. The highest BCUT2D eigenvalue weighted by Crippen LogP contribution is 2.65. The number of aryl methyl sites for hydroxylation is 1. The van der Waals surface area contributed by atoms with Crippen LogP contribution in [-0.4, -0.2) is 60.6 Å². The molecule has 4 aliphatic carbocycles. The van der Waals surface area contributed by atoms with E-state index in [0.717, 1.165) is 38.5 Å². The maximum absolute atomic E-state index is 13.3. The molecule has 1 aromatic rings. The lowest BCUT2D eigenvalue weighted by Gasteiger charge is -2.64. The molecule has 5 aliphatic rings. The Labute approximate surface area is 214 Å². The summed E-state index contributed by atoms with van der Waals surface area (Å²) in [5, 5.41) is 14.7. The summed E-state index contributed by atoms with van der Waals surface area (Å²) in [6.45, 7) is 6.83. The van der Waals surface area contributed by atoms with E-state index in [1.165, 1.54) is 5.56 Å². The first kappa shape index (κ1) is 25.6. The van der Waals surface area contributed by atoms with Gasteiger partial charge >= 0.3 is 13.2 Å². The molecule has 2 bridgehead atoms. The second-order valence-corrected chi connectivity index (χ2v) is 11.9. The van der Waals surface area contributed by atoms with E-state index in [9.17, 15) is 14.7 Å². The van der Waals surface area contributed by atoms with E-state index in [1.807, 2.05) is 18.2 Å². The summed E-state index contributed by atoms with van der Waals surface area (Å²) >= 11 is 0. The normalized spacial score (nSPS) is 31.6. The fraction of sp³-hybridized carbons (Fsp3) is 0.704. The monoisotopic (exact) mass is 498 g/mol. The number of benzene rings is 1. The zero-order chi connectivity index (χ0) is 25.5. The molecule has 6 atom stereocenters. The standard InChI is InChI=1S/C27H39BN2O6/c1-26(2)18-14-21(26)27(3)22(15-18)35-28(36-27)23(11-7-10-17-8-5-4-6-9-17)30-24(31)20(29-25(32)33)16-34-19-12-13-19/h4-6,8-9,18-23,29H,7,10-16H2,1-3H3,(H,30,31)(H,32,33)/t18-,20+,21-,22+,23-,27-/m0/s1. The lowest BCUT2D eigenvalue weighted by molar-refractivity contribution is -0.199. The summed E-state index contributed by atoms with van der Waals surface area (Å²) in [5.41, 5.74) is 1.09. The van der Waals surface area contributed by atoms with Crippen molar-refractivity contribution in [3.63, 3.8) is 0 Å². The number of carbonyl (C=O) groups is 2. The van der Waals surface area contributed by atoms with Gasteiger partial charge in [0.05, 0.1) is 30.4 Å². The average molecular weight is 498 g/mol. The first-order valence-corrected chi connectivity index (χ1v) is 13.5. The van der Waals surface area contributed by atoms with E-state index in [4.69, 9.17) is 14.0 Å². The van der Waals surface area contributed by atoms with Crippen molar-refractivity contribution in [1.82, 2.24) is 10.6 Å². The summed E-state index contributed by atoms with van der Waals surface area (Å²) in [6, 6.07) is 9.27. The molecule has 4 saturated carbocycles. The predicted molar refractivity (Wildman–Crippen MR) is 135 cm³/mol. The van der Waals surface area contributed by atoms with E-state index >= 15 is 0 Å². The van der Waals surface area contributed by atoms with Crippen LogP contribution in [0, 0.1) is 17.3 Å². The molecule has 196 valence electrons. The van der Waals surface area contributed by atoms with Crippen LogP contribution in [0.1, 0.15) is 64.9 Å². The van der Waals surface area contributed by atoms with Gasteiger partial charge in [-0.15, -0.1) is 0 Å². The van der Waals surface area contributed by atoms with Crippen LogP contribution in [-0.2, 0) is 25.3 Å². The van der Waals surface area contributed by atoms with Crippen molar-refractivity contribution in [2.45, 2.75) is 95.5 Å². The van der Waals surface area contributed by atoms with Crippen LogP contribution in [0.15, 0.2) is 30.3 Å². The van der Waals surface area contributed by atoms with Crippen molar-refractivity contribution in [1.29, 1.82) is 0 Å². The molecular weight excluding hydrogens is 459 g/mol. The summed E-state index contributed by atoms with van der Waals surface area (Å²) in [4.78, 5) is 24.6. The minimum atomic E-state index is -1.25. The summed E-state index contributed by atoms with van der Waals surface area (Å²) in [6.07, 6.45) is 5.29. The first-order valence-electron chi connectivity index (χ1n) is 13.5. The molecule has 6 rings (SSSR count). The Balaban J connectivity index is 1.28. The Kier molecular flexibility index (Phi) is 7.09.